The molecule has 39 heavy (non-hydrogen) atoms. The van der Waals surface area contributed by atoms with E-state index in [1.54, 1.807) is 55.5 Å². The molecule has 3 rings (SSSR count). The number of anilines is 1. The first-order chi connectivity index (χ1) is 18.5. The molecule has 0 bridgehead atoms. The summed E-state index contributed by atoms with van der Waals surface area (Å²) in [6.45, 7) is 7.51. The molecule has 0 aliphatic rings. The molecule has 2 amide bonds. The molecule has 3 aromatic rings. The third-order valence-electron chi connectivity index (χ3n) is 6.51. The zero-order valence-electron chi connectivity index (χ0n) is 22.9. The van der Waals surface area contributed by atoms with Crippen LogP contribution < -0.4 is 9.62 Å². The van der Waals surface area contributed by atoms with E-state index in [2.05, 4.69) is 5.32 Å². The maximum atomic E-state index is 14.0. The van der Waals surface area contributed by atoms with Gasteiger partial charge in [0.15, 0.2) is 0 Å². The van der Waals surface area contributed by atoms with E-state index in [0.717, 1.165) is 28.3 Å². The van der Waals surface area contributed by atoms with Crippen LogP contribution in [0, 0.1) is 13.8 Å². The number of halogens is 1. The lowest BCUT2D eigenvalue weighted by Crippen LogP contribution is -2.51. The number of carbonyl (C=O) groups excluding carboxylic acids is 2. The van der Waals surface area contributed by atoms with Crippen LogP contribution in [0.3, 0.4) is 0 Å². The van der Waals surface area contributed by atoms with Gasteiger partial charge in [-0.15, -0.1) is 0 Å². The Balaban J connectivity index is 2.02. The number of hydrogen-bond acceptors (Lipinski definition) is 4. The van der Waals surface area contributed by atoms with Crippen LogP contribution in [-0.4, -0.2) is 44.3 Å². The smallest absolute Gasteiger partial charge is 0.264 e. The van der Waals surface area contributed by atoms with Crippen molar-refractivity contribution >= 4 is 39.1 Å². The van der Waals surface area contributed by atoms with Gasteiger partial charge in [0.05, 0.1) is 10.6 Å². The van der Waals surface area contributed by atoms with Gasteiger partial charge in [0.25, 0.3) is 10.0 Å². The van der Waals surface area contributed by atoms with Crippen molar-refractivity contribution in [1.82, 2.24) is 10.2 Å². The van der Waals surface area contributed by atoms with Gasteiger partial charge in [0.2, 0.25) is 11.8 Å². The second-order valence-electron chi connectivity index (χ2n) is 9.58. The first-order valence-corrected chi connectivity index (χ1v) is 14.8. The second-order valence-corrected chi connectivity index (χ2v) is 11.9. The molecule has 3 aromatic carbocycles. The predicted octanol–water partition coefficient (Wildman–Crippen LogP) is 5.49. The number of hydrogen-bond donors (Lipinski definition) is 1. The average molecular weight is 570 g/mol. The van der Waals surface area contributed by atoms with E-state index in [1.807, 2.05) is 32.9 Å². The van der Waals surface area contributed by atoms with Crippen LogP contribution in [0.25, 0.3) is 0 Å². The molecule has 0 aliphatic heterocycles. The fourth-order valence-corrected chi connectivity index (χ4v) is 5.74. The molecule has 208 valence electrons. The highest BCUT2D eigenvalue weighted by atomic mass is 35.5. The molecule has 7 nitrogen and oxygen atoms in total. The number of benzene rings is 3. The van der Waals surface area contributed by atoms with Crippen LogP contribution in [0.15, 0.2) is 77.7 Å². The maximum absolute atomic E-state index is 14.0. The lowest BCUT2D eigenvalue weighted by molar-refractivity contribution is -0.139. The number of nitrogens with zero attached hydrogens (tertiary/aromatic N) is 2. The van der Waals surface area contributed by atoms with Crippen LogP contribution in [-0.2, 0) is 26.2 Å². The van der Waals surface area contributed by atoms with E-state index < -0.39 is 28.5 Å². The zero-order valence-corrected chi connectivity index (χ0v) is 24.4. The molecule has 0 unspecified atom stereocenters. The van der Waals surface area contributed by atoms with Crippen LogP contribution in [0.4, 0.5) is 5.69 Å². The summed E-state index contributed by atoms with van der Waals surface area (Å²) in [4.78, 5) is 28.5. The van der Waals surface area contributed by atoms with Gasteiger partial charge in [0.1, 0.15) is 12.6 Å². The largest absolute Gasteiger partial charge is 0.354 e. The topological polar surface area (TPSA) is 86.8 Å². The van der Waals surface area contributed by atoms with Crippen LogP contribution >= 0.6 is 11.6 Å². The Morgan fingerprint density at radius 1 is 0.974 bits per heavy atom. The Hall–Kier alpha value is -3.36. The first-order valence-electron chi connectivity index (χ1n) is 13.0. The van der Waals surface area contributed by atoms with Gasteiger partial charge in [-0.25, -0.2) is 8.42 Å². The molecule has 0 aliphatic carbocycles. The van der Waals surface area contributed by atoms with Crippen molar-refractivity contribution in [3.63, 3.8) is 0 Å². The Bertz CT molecular complexity index is 1380. The summed E-state index contributed by atoms with van der Waals surface area (Å²) in [5, 5.41) is 3.44. The Labute approximate surface area is 236 Å². The van der Waals surface area contributed by atoms with E-state index >= 15 is 0 Å². The van der Waals surface area contributed by atoms with E-state index in [4.69, 9.17) is 11.6 Å². The highest BCUT2D eigenvalue weighted by Crippen LogP contribution is 2.28. The van der Waals surface area contributed by atoms with Crippen molar-refractivity contribution in [2.75, 3.05) is 17.4 Å². The summed E-state index contributed by atoms with van der Waals surface area (Å²) >= 11 is 6.05. The van der Waals surface area contributed by atoms with Crippen molar-refractivity contribution in [1.29, 1.82) is 0 Å². The lowest BCUT2D eigenvalue weighted by Gasteiger charge is -2.32. The summed E-state index contributed by atoms with van der Waals surface area (Å²) in [5.41, 5.74) is 2.75. The molecule has 9 heteroatoms. The minimum atomic E-state index is -4.10. The summed E-state index contributed by atoms with van der Waals surface area (Å²) in [6.07, 6.45) is 1.74. The predicted molar refractivity (Wildman–Crippen MR) is 156 cm³/mol. The molecule has 1 atom stereocenters. The number of aryl methyl sites for hydroxylation is 2. The summed E-state index contributed by atoms with van der Waals surface area (Å²) in [7, 11) is -4.10. The summed E-state index contributed by atoms with van der Waals surface area (Å²) in [5.74, 6) is -0.793. The molecular formula is C30H36ClN3O4S. The molecular weight excluding hydrogens is 534 g/mol. The molecule has 0 fully saturated rings. The van der Waals surface area contributed by atoms with Crippen molar-refractivity contribution in [2.24, 2.45) is 0 Å². The summed E-state index contributed by atoms with van der Waals surface area (Å²) in [6, 6.07) is 19.7. The van der Waals surface area contributed by atoms with Gasteiger partial charge in [0, 0.05) is 18.1 Å². The molecule has 1 N–H and O–H groups in total. The molecule has 0 heterocycles. The fraction of sp³-hybridized carbons (Fsp3) is 0.333. The van der Waals surface area contributed by atoms with Crippen molar-refractivity contribution in [2.45, 2.75) is 58.0 Å². The van der Waals surface area contributed by atoms with Gasteiger partial charge in [-0.1, -0.05) is 67.4 Å². The van der Waals surface area contributed by atoms with Crippen LogP contribution in [0.5, 0.6) is 0 Å². The minimum absolute atomic E-state index is 0.0771. The van der Waals surface area contributed by atoms with Crippen LogP contribution in [0.2, 0.25) is 5.02 Å². The van der Waals surface area contributed by atoms with E-state index in [9.17, 15) is 18.0 Å². The monoisotopic (exact) mass is 569 g/mol. The molecule has 0 radical (unpaired) electrons. The maximum Gasteiger partial charge on any atom is 0.264 e. The van der Waals surface area contributed by atoms with Crippen molar-refractivity contribution in [3.8, 4) is 0 Å². The molecule has 0 spiro atoms. The van der Waals surface area contributed by atoms with Gasteiger partial charge >= 0.3 is 0 Å². The minimum Gasteiger partial charge on any atom is -0.354 e. The molecule has 0 saturated carbocycles. The third kappa shape index (κ3) is 7.83. The van der Waals surface area contributed by atoms with Gasteiger partial charge in [-0.3, -0.25) is 13.9 Å². The lowest BCUT2D eigenvalue weighted by atomic mass is 10.1. The van der Waals surface area contributed by atoms with Gasteiger partial charge in [-0.2, -0.15) is 0 Å². The second kappa shape index (κ2) is 13.6. The van der Waals surface area contributed by atoms with E-state index in [0.29, 0.717) is 22.8 Å². The van der Waals surface area contributed by atoms with E-state index in [1.165, 1.54) is 17.0 Å². The van der Waals surface area contributed by atoms with E-state index in [-0.39, 0.29) is 17.3 Å². The SMILES string of the molecule is CCCCNC(=O)[C@@H](C)N(Cc1ccc(Cl)cc1)C(=O)CN(c1cc(C)ccc1C)S(=O)(=O)c1ccccc1. The van der Waals surface area contributed by atoms with Gasteiger partial charge in [-0.05, 0) is 74.2 Å². The van der Waals surface area contributed by atoms with Crippen LogP contribution in [0.1, 0.15) is 43.4 Å². The quantitative estimate of drug-likeness (QED) is 0.292. The number of amides is 2. The highest BCUT2D eigenvalue weighted by molar-refractivity contribution is 7.92. The average Bonchev–Trinajstić information content (AvgIpc) is 2.92. The molecule has 0 saturated heterocycles. The first kappa shape index (κ1) is 30.2. The van der Waals surface area contributed by atoms with Gasteiger partial charge < -0.3 is 10.2 Å². The fourth-order valence-electron chi connectivity index (χ4n) is 4.13. The third-order valence-corrected chi connectivity index (χ3v) is 8.53. The molecule has 0 aromatic heterocycles. The Morgan fingerprint density at radius 3 is 2.28 bits per heavy atom. The number of carbonyl (C=O) groups is 2. The standard InChI is InChI=1S/C30H36ClN3O4S/c1-5-6-18-32-30(36)24(4)33(20-25-14-16-26(31)17-15-25)29(35)21-34(28-19-22(2)12-13-23(28)3)39(37,38)27-10-8-7-9-11-27/h7-17,19,24H,5-6,18,20-21H2,1-4H3,(H,32,36)/t24-/m1/s1. The number of rotatable bonds is 12. The number of nitrogens with one attached hydrogen (secondary N) is 1. The van der Waals surface area contributed by atoms with Crippen molar-refractivity contribution in [3.05, 3.63) is 94.5 Å². The Morgan fingerprint density at radius 2 is 1.64 bits per heavy atom. The zero-order chi connectivity index (χ0) is 28.6. The summed E-state index contributed by atoms with van der Waals surface area (Å²) < 4.78 is 28.9. The number of unbranched alkanes of at least 4 members (excludes halogenated alkanes) is 1. The van der Waals surface area contributed by atoms with Crippen molar-refractivity contribution < 1.29 is 18.0 Å². The highest BCUT2D eigenvalue weighted by Gasteiger charge is 2.33. The Kier molecular flexibility index (Phi) is 10.5. The normalized spacial score (nSPS) is 12.0. The number of sulfonamides is 1.